The van der Waals surface area contributed by atoms with Crippen LogP contribution >= 0.6 is 0 Å². The predicted molar refractivity (Wildman–Crippen MR) is 84.4 cm³/mol. The van der Waals surface area contributed by atoms with Crippen LogP contribution in [-0.4, -0.2) is 27.8 Å². The van der Waals surface area contributed by atoms with Gasteiger partial charge in [-0.1, -0.05) is 12.1 Å². The number of rotatable bonds is 6. The van der Waals surface area contributed by atoms with Crippen molar-refractivity contribution < 1.29 is 13.2 Å². The molecule has 112 valence electrons. The van der Waals surface area contributed by atoms with Gasteiger partial charge in [-0.2, -0.15) is 0 Å². The Bertz CT molecular complexity index is 697. The maximum atomic E-state index is 11.7. The van der Waals surface area contributed by atoms with Crippen LogP contribution in [0.5, 0.6) is 5.75 Å². The Morgan fingerprint density at radius 2 is 1.76 bits per heavy atom. The molecular weight excluding hydrogens is 288 g/mol. The average Bonchev–Trinajstić information content (AvgIpc) is 2.45. The van der Waals surface area contributed by atoms with E-state index in [1.807, 2.05) is 0 Å². The molecule has 0 radical (unpaired) electrons. The summed E-state index contributed by atoms with van der Waals surface area (Å²) in [5.41, 5.74) is 6.86. The highest BCUT2D eigenvalue weighted by atomic mass is 32.2. The highest BCUT2D eigenvalue weighted by Gasteiger charge is 2.11. The van der Waals surface area contributed by atoms with Gasteiger partial charge in [-0.3, -0.25) is 0 Å². The lowest BCUT2D eigenvalue weighted by Gasteiger charge is -2.11. The summed E-state index contributed by atoms with van der Waals surface area (Å²) >= 11 is 0. The lowest BCUT2D eigenvalue weighted by molar-refractivity contribution is 0.333. The number of nitrogens with one attached hydrogen (secondary N) is 1. The first-order chi connectivity index (χ1) is 9.97. The molecule has 0 spiro atoms. The van der Waals surface area contributed by atoms with Crippen molar-refractivity contribution in [3.8, 4) is 5.75 Å². The van der Waals surface area contributed by atoms with Gasteiger partial charge in [-0.15, -0.1) is 0 Å². The van der Waals surface area contributed by atoms with Gasteiger partial charge >= 0.3 is 0 Å². The molecule has 0 saturated heterocycles. The zero-order valence-corrected chi connectivity index (χ0v) is 12.6. The maximum Gasteiger partial charge on any atom is 0.177 e. The van der Waals surface area contributed by atoms with Crippen LogP contribution < -0.4 is 15.8 Å². The van der Waals surface area contributed by atoms with E-state index in [9.17, 15) is 8.42 Å². The Labute approximate surface area is 124 Å². The number of sulfone groups is 1. The molecule has 0 aliphatic carbocycles. The minimum atomic E-state index is -3.24. The predicted octanol–water partition coefficient (Wildman–Crippen LogP) is 2.16. The Morgan fingerprint density at radius 3 is 2.43 bits per heavy atom. The molecule has 6 heteroatoms. The van der Waals surface area contributed by atoms with Crippen molar-refractivity contribution in [3.05, 3.63) is 48.5 Å². The van der Waals surface area contributed by atoms with Crippen molar-refractivity contribution in [3.63, 3.8) is 0 Å². The van der Waals surface area contributed by atoms with Crippen molar-refractivity contribution in [1.29, 1.82) is 0 Å². The molecule has 0 bridgehead atoms. The molecule has 0 aliphatic heterocycles. The van der Waals surface area contributed by atoms with E-state index < -0.39 is 9.84 Å². The van der Waals surface area contributed by atoms with E-state index in [4.69, 9.17) is 10.5 Å². The molecule has 0 aliphatic rings. The summed E-state index contributed by atoms with van der Waals surface area (Å²) in [6.45, 7) is 0.916. The van der Waals surface area contributed by atoms with Gasteiger partial charge in [0.1, 0.15) is 12.4 Å². The van der Waals surface area contributed by atoms with Gasteiger partial charge in [0.05, 0.1) is 10.6 Å². The van der Waals surface area contributed by atoms with Gasteiger partial charge in [0, 0.05) is 18.5 Å². The van der Waals surface area contributed by atoms with E-state index in [0.717, 1.165) is 5.75 Å². The molecule has 2 aromatic rings. The van der Waals surface area contributed by atoms with E-state index in [0.29, 0.717) is 24.5 Å². The second-order valence-corrected chi connectivity index (χ2v) is 6.60. The largest absolute Gasteiger partial charge is 0.492 e. The summed E-state index contributed by atoms with van der Waals surface area (Å²) in [7, 11) is -3.24. The monoisotopic (exact) mass is 306 g/mol. The molecule has 5 nitrogen and oxygen atoms in total. The molecule has 0 saturated carbocycles. The smallest absolute Gasteiger partial charge is 0.177 e. The Hall–Kier alpha value is -2.21. The fraction of sp³-hybridized carbons (Fsp3) is 0.200. The van der Waals surface area contributed by atoms with E-state index >= 15 is 0 Å². The minimum Gasteiger partial charge on any atom is -0.492 e. The van der Waals surface area contributed by atoms with Crippen molar-refractivity contribution >= 4 is 21.2 Å². The zero-order valence-electron chi connectivity index (χ0n) is 11.7. The van der Waals surface area contributed by atoms with E-state index in [1.165, 1.54) is 6.26 Å². The molecule has 2 rings (SSSR count). The van der Waals surface area contributed by atoms with Crippen molar-refractivity contribution in [2.24, 2.45) is 0 Å². The second kappa shape index (κ2) is 6.49. The topological polar surface area (TPSA) is 81.4 Å². The lowest BCUT2D eigenvalue weighted by atomic mass is 10.3. The van der Waals surface area contributed by atoms with Crippen LogP contribution in [0.3, 0.4) is 0 Å². The Balaban J connectivity index is 1.91. The number of benzene rings is 2. The molecule has 0 heterocycles. The van der Waals surface area contributed by atoms with Crippen LogP contribution in [0, 0.1) is 0 Å². The van der Waals surface area contributed by atoms with Crippen LogP contribution in [0.1, 0.15) is 0 Å². The van der Waals surface area contributed by atoms with Gasteiger partial charge in [0.2, 0.25) is 0 Å². The maximum absolute atomic E-state index is 11.7. The minimum absolute atomic E-state index is 0.289. The summed E-state index contributed by atoms with van der Waals surface area (Å²) in [5.74, 6) is 0.724. The van der Waals surface area contributed by atoms with E-state index in [1.54, 1.807) is 48.5 Å². The van der Waals surface area contributed by atoms with Crippen molar-refractivity contribution in [2.45, 2.75) is 4.90 Å². The quantitative estimate of drug-likeness (QED) is 0.631. The summed E-state index contributed by atoms with van der Waals surface area (Å²) in [6.07, 6.45) is 1.19. The number of nitrogen functional groups attached to an aromatic ring is 1. The van der Waals surface area contributed by atoms with Gasteiger partial charge < -0.3 is 15.8 Å². The highest BCUT2D eigenvalue weighted by molar-refractivity contribution is 7.90. The van der Waals surface area contributed by atoms with E-state index in [2.05, 4.69) is 5.32 Å². The third-order valence-electron chi connectivity index (χ3n) is 2.85. The van der Waals surface area contributed by atoms with Crippen LogP contribution in [0.15, 0.2) is 53.4 Å². The number of hydrogen-bond acceptors (Lipinski definition) is 5. The number of nitrogens with two attached hydrogens (primary N) is 1. The first-order valence-corrected chi connectivity index (χ1v) is 8.37. The third kappa shape index (κ3) is 4.39. The number of anilines is 2. The summed E-state index contributed by atoms with van der Waals surface area (Å²) in [5, 5.41) is 3.07. The molecule has 0 atom stereocenters. The molecule has 2 aromatic carbocycles. The zero-order chi connectivity index (χ0) is 15.3. The molecular formula is C15H18N2O3S. The first kappa shape index (κ1) is 15.2. The lowest BCUT2D eigenvalue weighted by Crippen LogP contribution is -2.13. The standard InChI is InChI=1S/C15H18N2O3S/c1-21(18,19)15-5-3-2-4-14(15)17-10-11-20-13-8-6-12(16)7-9-13/h2-9,17H,10-11,16H2,1H3. The van der Waals surface area contributed by atoms with Gasteiger partial charge in [-0.25, -0.2) is 8.42 Å². The molecule has 0 aromatic heterocycles. The van der Waals surface area contributed by atoms with Crippen LogP contribution in [-0.2, 0) is 9.84 Å². The molecule has 21 heavy (non-hydrogen) atoms. The Kier molecular flexibility index (Phi) is 4.70. The van der Waals surface area contributed by atoms with E-state index in [-0.39, 0.29) is 4.90 Å². The second-order valence-electron chi connectivity index (χ2n) is 4.61. The van der Waals surface area contributed by atoms with Crippen molar-refractivity contribution in [1.82, 2.24) is 0 Å². The SMILES string of the molecule is CS(=O)(=O)c1ccccc1NCCOc1ccc(N)cc1. The molecule has 0 amide bonds. The van der Waals surface area contributed by atoms with Gasteiger partial charge in [-0.05, 0) is 36.4 Å². The molecule has 0 fully saturated rings. The third-order valence-corrected chi connectivity index (χ3v) is 4.01. The first-order valence-electron chi connectivity index (χ1n) is 6.48. The van der Waals surface area contributed by atoms with Gasteiger partial charge in [0.15, 0.2) is 9.84 Å². The highest BCUT2D eigenvalue weighted by Crippen LogP contribution is 2.20. The summed E-state index contributed by atoms with van der Waals surface area (Å²) < 4.78 is 28.9. The van der Waals surface area contributed by atoms with Crippen LogP contribution in [0.2, 0.25) is 0 Å². The number of para-hydroxylation sites is 1. The normalized spacial score (nSPS) is 11.1. The average molecular weight is 306 g/mol. The summed E-state index contributed by atoms with van der Waals surface area (Å²) in [4.78, 5) is 0.289. The number of hydrogen-bond donors (Lipinski definition) is 2. The Morgan fingerprint density at radius 1 is 1.10 bits per heavy atom. The summed E-state index contributed by atoms with van der Waals surface area (Å²) in [6, 6.07) is 13.9. The fourth-order valence-corrected chi connectivity index (χ4v) is 2.72. The molecule has 0 unspecified atom stereocenters. The van der Waals surface area contributed by atoms with Crippen LogP contribution in [0.4, 0.5) is 11.4 Å². The van der Waals surface area contributed by atoms with Gasteiger partial charge in [0.25, 0.3) is 0 Å². The molecule has 3 N–H and O–H groups in total. The number of ether oxygens (including phenoxy) is 1. The fourth-order valence-electron chi connectivity index (χ4n) is 1.85. The van der Waals surface area contributed by atoms with Crippen LogP contribution in [0.25, 0.3) is 0 Å². The van der Waals surface area contributed by atoms with Crippen molar-refractivity contribution in [2.75, 3.05) is 30.5 Å².